The van der Waals surface area contributed by atoms with Gasteiger partial charge in [-0.2, -0.15) is 0 Å². The molecule has 0 spiro atoms. The fourth-order valence-corrected chi connectivity index (χ4v) is 9.33. The Morgan fingerprint density at radius 2 is 0.623 bits per heavy atom. The van der Waals surface area contributed by atoms with Crippen molar-refractivity contribution in [2.75, 3.05) is 0 Å². The molecule has 0 atom stereocenters. The van der Waals surface area contributed by atoms with Gasteiger partial charge in [-0.3, -0.25) is 4.57 Å². The van der Waals surface area contributed by atoms with Crippen LogP contribution in [0.5, 0.6) is 0 Å². The van der Waals surface area contributed by atoms with Crippen molar-refractivity contribution in [3.63, 3.8) is 0 Å². The monoisotopic (exact) mass is 779 g/mol. The lowest BCUT2D eigenvalue weighted by Gasteiger charge is -2.13. The first-order valence-electron chi connectivity index (χ1n) is 20.7. The molecule has 0 radical (unpaired) electrons. The summed E-state index contributed by atoms with van der Waals surface area (Å²) in [7, 11) is 0. The van der Waals surface area contributed by atoms with Gasteiger partial charge in [0.2, 0.25) is 0 Å². The highest BCUT2D eigenvalue weighted by Gasteiger charge is 2.25. The summed E-state index contributed by atoms with van der Waals surface area (Å²) in [6.45, 7) is 0. The van der Waals surface area contributed by atoms with Crippen LogP contribution in [0.2, 0.25) is 0 Å². The van der Waals surface area contributed by atoms with Gasteiger partial charge in [0.05, 0.1) is 22.1 Å². The van der Waals surface area contributed by atoms with Gasteiger partial charge in [0, 0.05) is 49.7 Å². The number of para-hydroxylation sites is 3. The number of hydrogen-bond acceptors (Lipinski definition) is 2. The van der Waals surface area contributed by atoms with Gasteiger partial charge in [-0.05, 0) is 82.9 Å². The molecule has 0 fully saturated rings. The maximum absolute atomic E-state index is 5.13. The van der Waals surface area contributed by atoms with E-state index in [2.05, 4.69) is 238 Å². The molecule has 5 heteroatoms. The molecule has 5 nitrogen and oxygen atoms in total. The summed E-state index contributed by atoms with van der Waals surface area (Å²) in [4.78, 5) is 0. The average molecular weight is 780 g/mol. The van der Waals surface area contributed by atoms with Crippen LogP contribution in [0.3, 0.4) is 0 Å². The fraction of sp³-hybridized carbons (Fsp3) is 0. The van der Waals surface area contributed by atoms with E-state index in [4.69, 9.17) is 10.2 Å². The third-order valence-electron chi connectivity index (χ3n) is 12.0. The third-order valence-corrected chi connectivity index (χ3v) is 12.0. The van der Waals surface area contributed by atoms with Crippen LogP contribution in [-0.2, 0) is 0 Å². The molecule has 0 aliphatic heterocycles. The van der Waals surface area contributed by atoms with Gasteiger partial charge in [-0.25, -0.2) is 0 Å². The van der Waals surface area contributed by atoms with E-state index >= 15 is 0 Å². The molecule has 61 heavy (non-hydrogen) atoms. The lowest BCUT2D eigenvalue weighted by Crippen LogP contribution is -2.01. The largest absolute Gasteiger partial charge is 0.309 e. The number of fused-ring (bicyclic) bond motifs is 6. The van der Waals surface area contributed by atoms with Crippen molar-refractivity contribution >= 4 is 43.6 Å². The van der Waals surface area contributed by atoms with E-state index in [-0.39, 0.29) is 0 Å². The Balaban J connectivity index is 1.09. The van der Waals surface area contributed by atoms with Crippen molar-refractivity contribution in [1.29, 1.82) is 0 Å². The molecule has 0 N–H and O–H groups in total. The van der Waals surface area contributed by atoms with Gasteiger partial charge < -0.3 is 9.13 Å². The molecule has 0 bridgehead atoms. The first kappa shape index (κ1) is 34.7. The van der Waals surface area contributed by atoms with Gasteiger partial charge in [0.1, 0.15) is 0 Å². The summed E-state index contributed by atoms with van der Waals surface area (Å²) in [5, 5.41) is 14.8. The van der Waals surface area contributed by atoms with E-state index in [1.807, 2.05) is 0 Å². The Hall–Kier alpha value is -8.28. The second-order valence-electron chi connectivity index (χ2n) is 15.5. The molecule has 12 aromatic rings. The maximum Gasteiger partial charge on any atom is 0.169 e. The van der Waals surface area contributed by atoms with Gasteiger partial charge in [0.15, 0.2) is 11.6 Å². The van der Waals surface area contributed by atoms with E-state index < -0.39 is 0 Å². The van der Waals surface area contributed by atoms with E-state index in [1.54, 1.807) is 0 Å². The number of aromatic nitrogens is 5. The van der Waals surface area contributed by atoms with Crippen LogP contribution in [0.15, 0.2) is 224 Å². The third kappa shape index (κ3) is 5.63. The van der Waals surface area contributed by atoms with Crippen LogP contribution in [-0.4, -0.2) is 23.9 Å². The zero-order chi connectivity index (χ0) is 40.3. The first-order valence-corrected chi connectivity index (χ1v) is 20.7. The van der Waals surface area contributed by atoms with Crippen LogP contribution in [0, 0.1) is 0 Å². The topological polar surface area (TPSA) is 40.6 Å². The van der Waals surface area contributed by atoms with Gasteiger partial charge in [0.25, 0.3) is 0 Å². The van der Waals surface area contributed by atoms with Crippen molar-refractivity contribution in [1.82, 2.24) is 23.9 Å². The van der Waals surface area contributed by atoms with E-state index in [1.165, 1.54) is 22.3 Å². The Kier molecular flexibility index (Phi) is 8.10. The van der Waals surface area contributed by atoms with Gasteiger partial charge in [-0.15, -0.1) is 10.2 Å². The second-order valence-corrected chi connectivity index (χ2v) is 15.5. The van der Waals surface area contributed by atoms with Crippen molar-refractivity contribution in [2.45, 2.75) is 0 Å². The van der Waals surface area contributed by atoms with Crippen LogP contribution in [0.4, 0.5) is 0 Å². The predicted octanol–water partition coefficient (Wildman–Crippen LogP) is 14.1. The lowest BCUT2D eigenvalue weighted by molar-refractivity contribution is 1.08. The Morgan fingerprint density at radius 1 is 0.262 bits per heavy atom. The zero-order valence-electron chi connectivity index (χ0n) is 33.1. The summed E-state index contributed by atoms with van der Waals surface area (Å²) >= 11 is 0. The minimum absolute atomic E-state index is 0.782. The van der Waals surface area contributed by atoms with Gasteiger partial charge >= 0.3 is 0 Å². The van der Waals surface area contributed by atoms with Crippen LogP contribution in [0.25, 0.3) is 106 Å². The summed E-state index contributed by atoms with van der Waals surface area (Å²) in [6, 6.07) is 79.8. The van der Waals surface area contributed by atoms with Gasteiger partial charge in [-0.1, -0.05) is 164 Å². The highest BCUT2D eigenvalue weighted by atomic mass is 15.3. The molecule has 286 valence electrons. The molecule has 0 aliphatic carbocycles. The average Bonchev–Trinajstić information content (AvgIpc) is 4.03. The standard InChI is InChI=1S/C56H37N5/c1-4-18-38(19-5-1)40-22-14-26-43(36-40)59-49-32-12-10-28-45(49)53-47(30-16-34-51(53)59)55-57-58-56(61(55)42-24-8-3-9-25-42)48-31-17-35-52-54(48)46-29-11-13-33-50(46)60(52)44-27-15-23-41(37-44)39-20-6-2-7-21-39/h1-37H. The minimum Gasteiger partial charge on any atom is -0.309 e. The van der Waals surface area contributed by atoms with Crippen LogP contribution >= 0.6 is 0 Å². The molecule has 0 aliphatic rings. The summed E-state index contributed by atoms with van der Waals surface area (Å²) in [6.07, 6.45) is 0. The number of hydrogen-bond donors (Lipinski definition) is 0. The Morgan fingerprint density at radius 3 is 1.10 bits per heavy atom. The van der Waals surface area contributed by atoms with E-state index in [9.17, 15) is 0 Å². The molecule has 0 saturated carbocycles. The summed E-state index contributed by atoms with van der Waals surface area (Å²) in [5.74, 6) is 1.56. The fourth-order valence-electron chi connectivity index (χ4n) is 9.33. The zero-order valence-corrected chi connectivity index (χ0v) is 33.1. The van der Waals surface area contributed by atoms with Crippen LogP contribution in [0.1, 0.15) is 0 Å². The molecule has 0 unspecified atom stereocenters. The summed E-state index contributed by atoms with van der Waals surface area (Å²) < 4.78 is 7.01. The number of rotatable bonds is 7. The number of benzene rings is 9. The molecular formula is C56H37N5. The highest BCUT2D eigenvalue weighted by Crippen LogP contribution is 2.43. The Bertz CT molecular complexity index is 3360. The molecule has 3 heterocycles. The quantitative estimate of drug-likeness (QED) is 0.162. The van der Waals surface area contributed by atoms with E-state index in [0.717, 1.165) is 83.4 Å². The smallest absolute Gasteiger partial charge is 0.169 e. The lowest BCUT2D eigenvalue weighted by atomic mass is 10.0. The minimum atomic E-state index is 0.782. The molecule has 12 rings (SSSR count). The first-order chi connectivity index (χ1) is 30.3. The van der Waals surface area contributed by atoms with Crippen molar-refractivity contribution in [3.8, 4) is 62.1 Å². The molecule has 0 saturated heterocycles. The van der Waals surface area contributed by atoms with E-state index in [0.29, 0.717) is 0 Å². The SMILES string of the molecule is c1ccc(-c2cccc(-n3c4ccccc4c4c(-c5nnc(-c6cccc7c6c6ccccc6n7-c6cccc(-c7ccccc7)c6)n5-c5ccccc5)cccc43)c2)cc1. The molecule has 3 aromatic heterocycles. The van der Waals surface area contributed by atoms with Crippen molar-refractivity contribution in [3.05, 3.63) is 224 Å². The highest BCUT2D eigenvalue weighted by molar-refractivity contribution is 6.17. The predicted molar refractivity (Wildman–Crippen MR) is 252 cm³/mol. The maximum atomic E-state index is 5.13. The normalized spacial score (nSPS) is 11.6. The molecule has 9 aromatic carbocycles. The molecular weight excluding hydrogens is 743 g/mol. The molecule has 0 amide bonds. The van der Waals surface area contributed by atoms with Crippen molar-refractivity contribution in [2.24, 2.45) is 0 Å². The summed E-state index contributed by atoms with van der Waals surface area (Å²) in [5.41, 5.74) is 14.4. The van der Waals surface area contributed by atoms with Crippen molar-refractivity contribution < 1.29 is 0 Å². The van der Waals surface area contributed by atoms with Crippen LogP contribution < -0.4 is 0 Å². The number of nitrogens with zero attached hydrogens (tertiary/aromatic N) is 5. The second kappa shape index (κ2) is 14.2. The Labute approximate surface area is 352 Å².